The van der Waals surface area contributed by atoms with Crippen LogP contribution in [-0.2, 0) is 9.53 Å². The number of halogens is 1. The Balaban J connectivity index is 2.60. The van der Waals surface area contributed by atoms with Gasteiger partial charge in [-0.1, -0.05) is 18.5 Å². The van der Waals surface area contributed by atoms with Gasteiger partial charge in [0.05, 0.1) is 4.92 Å². The topological polar surface area (TPSA) is 78.7 Å². The maximum Gasteiger partial charge on any atom is 0.337 e. The van der Waals surface area contributed by atoms with E-state index in [-0.39, 0.29) is 23.1 Å². The number of nitrogens with zero attached hydrogens (tertiary/aromatic N) is 1. The number of carbonyl (C=O) groups excluding carboxylic acids is 1. The van der Waals surface area contributed by atoms with E-state index in [4.69, 9.17) is 21.1 Å². The molecule has 0 amide bonds. The summed E-state index contributed by atoms with van der Waals surface area (Å²) in [4.78, 5) is 21.2. The third kappa shape index (κ3) is 4.31. The van der Waals surface area contributed by atoms with Crippen LogP contribution in [0.3, 0.4) is 0 Å². The van der Waals surface area contributed by atoms with Crippen molar-refractivity contribution in [2.24, 2.45) is 0 Å². The molecule has 0 saturated heterocycles. The molecule has 6 nitrogen and oxygen atoms in total. The highest BCUT2D eigenvalue weighted by Crippen LogP contribution is 2.28. The van der Waals surface area contributed by atoms with Crippen molar-refractivity contribution < 1.29 is 19.2 Å². The van der Waals surface area contributed by atoms with Gasteiger partial charge in [-0.15, -0.1) is 0 Å². The standard InChI is InChI=1S/C11H12ClNO5/c1-2-5-17-7-11(14)18-8-3-4-10(13(15)16)9(12)6-8/h3-4,6H,2,5,7H2,1H3. The fourth-order valence-corrected chi connectivity index (χ4v) is 1.40. The van der Waals surface area contributed by atoms with E-state index in [1.54, 1.807) is 0 Å². The van der Waals surface area contributed by atoms with E-state index in [1.165, 1.54) is 18.2 Å². The van der Waals surface area contributed by atoms with Gasteiger partial charge in [-0.2, -0.15) is 0 Å². The average molecular weight is 274 g/mol. The largest absolute Gasteiger partial charge is 0.425 e. The second-order valence-electron chi connectivity index (χ2n) is 3.40. The number of nitro groups is 1. The molecule has 1 aromatic rings. The van der Waals surface area contributed by atoms with Crippen molar-refractivity contribution in [2.45, 2.75) is 13.3 Å². The third-order valence-electron chi connectivity index (χ3n) is 1.92. The first kappa shape index (κ1) is 14.4. The molecule has 0 fully saturated rings. The summed E-state index contributed by atoms with van der Waals surface area (Å²) in [6.45, 7) is 2.22. The van der Waals surface area contributed by atoms with Gasteiger partial charge in [0.15, 0.2) is 0 Å². The maximum atomic E-state index is 11.3. The number of ether oxygens (including phenoxy) is 2. The highest BCUT2D eigenvalue weighted by Gasteiger charge is 2.14. The van der Waals surface area contributed by atoms with Crippen LogP contribution >= 0.6 is 11.6 Å². The summed E-state index contributed by atoms with van der Waals surface area (Å²) in [6.07, 6.45) is 0.802. The van der Waals surface area contributed by atoms with Crippen molar-refractivity contribution >= 4 is 23.3 Å². The molecular weight excluding hydrogens is 262 g/mol. The fraction of sp³-hybridized carbons (Fsp3) is 0.364. The Hall–Kier alpha value is -1.66. The summed E-state index contributed by atoms with van der Waals surface area (Å²) < 4.78 is 9.90. The van der Waals surface area contributed by atoms with Gasteiger partial charge < -0.3 is 9.47 Å². The molecule has 18 heavy (non-hydrogen) atoms. The molecule has 98 valence electrons. The Morgan fingerprint density at radius 2 is 2.22 bits per heavy atom. The Morgan fingerprint density at radius 1 is 1.50 bits per heavy atom. The summed E-state index contributed by atoms with van der Waals surface area (Å²) in [5.74, 6) is -0.427. The lowest BCUT2D eigenvalue weighted by molar-refractivity contribution is -0.384. The first-order valence-corrected chi connectivity index (χ1v) is 5.64. The van der Waals surface area contributed by atoms with Crippen molar-refractivity contribution in [1.29, 1.82) is 0 Å². The molecule has 0 aliphatic rings. The van der Waals surface area contributed by atoms with E-state index in [0.717, 1.165) is 6.42 Å². The van der Waals surface area contributed by atoms with Crippen molar-refractivity contribution in [3.8, 4) is 5.75 Å². The number of benzene rings is 1. The van der Waals surface area contributed by atoms with Gasteiger partial charge in [0.25, 0.3) is 5.69 Å². The lowest BCUT2D eigenvalue weighted by atomic mass is 10.3. The molecule has 0 aliphatic heterocycles. The molecule has 0 bridgehead atoms. The van der Waals surface area contributed by atoms with Crippen molar-refractivity contribution in [3.05, 3.63) is 33.3 Å². The summed E-state index contributed by atoms with van der Waals surface area (Å²) in [5.41, 5.74) is -0.237. The van der Waals surface area contributed by atoms with Crippen LogP contribution in [0.5, 0.6) is 5.75 Å². The van der Waals surface area contributed by atoms with E-state index in [0.29, 0.717) is 6.61 Å². The zero-order chi connectivity index (χ0) is 13.5. The highest BCUT2D eigenvalue weighted by atomic mass is 35.5. The lowest BCUT2D eigenvalue weighted by Gasteiger charge is -2.05. The second kappa shape index (κ2) is 6.93. The number of carbonyl (C=O) groups is 1. The fourth-order valence-electron chi connectivity index (χ4n) is 1.16. The van der Waals surface area contributed by atoms with Crippen LogP contribution in [0.1, 0.15) is 13.3 Å². The van der Waals surface area contributed by atoms with E-state index in [1.807, 2.05) is 6.92 Å². The van der Waals surface area contributed by atoms with Gasteiger partial charge in [-0.3, -0.25) is 10.1 Å². The van der Waals surface area contributed by atoms with Gasteiger partial charge in [-0.05, 0) is 12.5 Å². The molecule has 0 atom stereocenters. The average Bonchev–Trinajstić information content (AvgIpc) is 2.28. The minimum atomic E-state index is -0.613. The molecule has 1 rings (SSSR count). The number of hydrogen-bond acceptors (Lipinski definition) is 5. The molecule has 0 heterocycles. The number of esters is 1. The minimum Gasteiger partial charge on any atom is -0.425 e. The molecule has 0 unspecified atom stereocenters. The zero-order valence-electron chi connectivity index (χ0n) is 9.72. The third-order valence-corrected chi connectivity index (χ3v) is 2.22. The van der Waals surface area contributed by atoms with Crippen LogP contribution in [0.4, 0.5) is 5.69 Å². The molecule has 0 spiro atoms. The number of nitro benzene ring substituents is 1. The van der Waals surface area contributed by atoms with Crippen LogP contribution in [0.25, 0.3) is 0 Å². The van der Waals surface area contributed by atoms with Gasteiger partial charge in [0.2, 0.25) is 0 Å². The summed E-state index contributed by atoms with van der Waals surface area (Å²) >= 11 is 5.67. The first-order chi connectivity index (χ1) is 8.54. The summed E-state index contributed by atoms with van der Waals surface area (Å²) in [6, 6.07) is 3.71. The van der Waals surface area contributed by atoms with E-state index >= 15 is 0 Å². The van der Waals surface area contributed by atoms with Crippen LogP contribution in [0.2, 0.25) is 5.02 Å². The van der Waals surface area contributed by atoms with Crippen LogP contribution in [0, 0.1) is 10.1 Å². The van der Waals surface area contributed by atoms with E-state index < -0.39 is 10.9 Å². The predicted octanol–water partition coefficient (Wildman–Crippen LogP) is 2.58. The Morgan fingerprint density at radius 3 is 2.78 bits per heavy atom. The molecule has 7 heteroatoms. The molecule has 1 aromatic carbocycles. The molecule has 0 radical (unpaired) electrons. The number of hydrogen-bond donors (Lipinski definition) is 0. The summed E-state index contributed by atoms with van der Waals surface area (Å²) in [5, 5.41) is 10.4. The molecular formula is C11H12ClNO5. The Bertz CT molecular complexity index is 449. The van der Waals surface area contributed by atoms with Gasteiger partial charge >= 0.3 is 5.97 Å². The van der Waals surface area contributed by atoms with Gasteiger partial charge in [0, 0.05) is 18.7 Å². The van der Waals surface area contributed by atoms with Crippen molar-refractivity contribution in [3.63, 3.8) is 0 Å². The van der Waals surface area contributed by atoms with Crippen LogP contribution in [-0.4, -0.2) is 24.1 Å². The highest BCUT2D eigenvalue weighted by molar-refractivity contribution is 6.32. The van der Waals surface area contributed by atoms with Crippen molar-refractivity contribution in [2.75, 3.05) is 13.2 Å². The van der Waals surface area contributed by atoms with Gasteiger partial charge in [-0.25, -0.2) is 4.79 Å². The molecule has 0 aromatic heterocycles. The quantitative estimate of drug-likeness (QED) is 0.262. The second-order valence-corrected chi connectivity index (χ2v) is 3.80. The molecule has 0 saturated carbocycles. The summed E-state index contributed by atoms with van der Waals surface area (Å²) in [7, 11) is 0. The number of rotatable bonds is 6. The SMILES string of the molecule is CCCOCC(=O)Oc1ccc([N+](=O)[O-])c(Cl)c1. The Labute approximate surface area is 109 Å². The lowest BCUT2D eigenvalue weighted by Crippen LogP contribution is -2.15. The van der Waals surface area contributed by atoms with Crippen molar-refractivity contribution in [1.82, 2.24) is 0 Å². The van der Waals surface area contributed by atoms with Gasteiger partial charge in [0.1, 0.15) is 17.4 Å². The minimum absolute atomic E-state index is 0.0835. The van der Waals surface area contributed by atoms with Crippen LogP contribution in [0.15, 0.2) is 18.2 Å². The maximum absolute atomic E-state index is 11.3. The first-order valence-electron chi connectivity index (χ1n) is 5.27. The monoisotopic (exact) mass is 273 g/mol. The Kier molecular flexibility index (Phi) is 5.54. The molecule has 0 N–H and O–H groups in total. The van der Waals surface area contributed by atoms with E-state index in [2.05, 4.69) is 0 Å². The van der Waals surface area contributed by atoms with E-state index in [9.17, 15) is 14.9 Å². The molecule has 0 aliphatic carbocycles. The van der Waals surface area contributed by atoms with Crippen LogP contribution < -0.4 is 4.74 Å². The normalized spacial score (nSPS) is 10.1. The predicted molar refractivity (Wildman–Crippen MR) is 64.9 cm³/mol. The zero-order valence-corrected chi connectivity index (χ0v) is 10.5. The smallest absolute Gasteiger partial charge is 0.337 e.